The second-order valence-electron chi connectivity index (χ2n) is 7.42. The number of hydrogen-bond acceptors (Lipinski definition) is 4. The molecule has 5 nitrogen and oxygen atoms in total. The van der Waals surface area contributed by atoms with Crippen molar-refractivity contribution in [2.45, 2.75) is 31.1 Å². The predicted molar refractivity (Wildman–Crippen MR) is 122 cm³/mol. The molecule has 0 unspecified atom stereocenters. The molecule has 2 N–H and O–H groups in total. The number of rotatable bonds is 10. The van der Waals surface area contributed by atoms with Gasteiger partial charge >= 0.3 is 0 Å². The first-order valence-corrected chi connectivity index (χ1v) is 11.1. The second-order valence-corrected chi connectivity index (χ2v) is 8.27. The molecule has 156 valence electrons. The molecule has 0 spiro atoms. The highest BCUT2D eigenvalue weighted by molar-refractivity contribution is 7.98. The number of thioether (sulfide) groups is 1. The molecule has 0 saturated carbocycles. The molecule has 2 aromatic rings. The number of carbonyl (C=O) groups excluding carboxylic acids is 2. The fourth-order valence-corrected chi connectivity index (χ4v) is 3.51. The van der Waals surface area contributed by atoms with Gasteiger partial charge in [0.15, 0.2) is 0 Å². The van der Waals surface area contributed by atoms with Crippen molar-refractivity contribution in [3.8, 4) is 0 Å². The molecule has 0 fully saturated rings. The average molecular weight is 414 g/mol. The Labute approximate surface area is 178 Å². The summed E-state index contributed by atoms with van der Waals surface area (Å²) in [5, 5.41) is 5.83. The summed E-state index contributed by atoms with van der Waals surface area (Å²) < 4.78 is 0. The Morgan fingerprint density at radius 1 is 1.00 bits per heavy atom. The van der Waals surface area contributed by atoms with Crippen molar-refractivity contribution in [3.63, 3.8) is 0 Å². The van der Waals surface area contributed by atoms with E-state index in [1.807, 2.05) is 30.5 Å². The molecule has 2 amide bonds. The Bertz CT molecular complexity index is 806. The van der Waals surface area contributed by atoms with Gasteiger partial charge in [0.2, 0.25) is 11.8 Å². The van der Waals surface area contributed by atoms with Crippen LogP contribution in [-0.2, 0) is 16.0 Å². The zero-order valence-electron chi connectivity index (χ0n) is 17.7. The monoisotopic (exact) mass is 413 g/mol. The van der Waals surface area contributed by atoms with E-state index in [1.54, 1.807) is 23.7 Å². The summed E-state index contributed by atoms with van der Waals surface area (Å²) in [4.78, 5) is 27.1. The van der Waals surface area contributed by atoms with E-state index >= 15 is 0 Å². The van der Waals surface area contributed by atoms with Gasteiger partial charge in [-0.3, -0.25) is 14.5 Å². The van der Waals surface area contributed by atoms with Crippen molar-refractivity contribution < 1.29 is 9.59 Å². The summed E-state index contributed by atoms with van der Waals surface area (Å²) in [5.74, 6) is 0.307. The van der Waals surface area contributed by atoms with E-state index in [-0.39, 0.29) is 24.9 Å². The number of carbonyl (C=O) groups is 2. The highest BCUT2D eigenvalue weighted by atomic mass is 32.2. The molecule has 0 radical (unpaired) electrons. The predicted octanol–water partition coefficient (Wildman–Crippen LogP) is 3.76. The normalized spacial score (nSPS) is 11.0. The molecule has 0 aromatic heterocycles. The molecule has 0 aliphatic rings. The smallest absolute Gasteiger partial charge is 0.238 e. The van der Waals surface area contributed by atoms with Crippen LogP contribution in [0.4, 0.5) is 5.69 Å². The maximum Gasteiger partial charge on any atom is 0.238 e. The van der Waals surface area contributed by atoms with Crippen LogP contribution in [0.5, 0.6) is 0 Å². The zero-order chi connectivity index (χ0) is 21.2. The summed E-state index contributed by atoms with van der Waals surface area (Å²) in [7, 11) is 1.77. The standard InChI is InChI=1S/C23H31N3O2S/c1-17(2)19-11-9-18(10-12-19)13-14-24-22(27)15-26(3)16-23(28)25-20-7-5-6-8-21(20)29-4/h5-12,17H,13-16H2,1-4H3,(H,24,27)(H,25,28). The van der Waals surface area contributed by atoms with Crippen LogP contribution >= 0.6 is 11.8 Å². The van der Waals surface area contributed by atoms with Gasteiger partial charge < -0.3 is 10.6 Å². The minimum Gasteiger partial charge on any atom is -0.355 e. The van der Waals surface area contributed by atoms with Crippen molar-refractivity contribution >= 4 is 29.3 Å². The lowest BCUT2D eigenvalue weighted by Crippen LogP contribution is -2.39. The number of hydrogen-bond donors (Lipinski definition) is 2. The number of benzene rings is 2. The van der Waals surface area contributed by atoms with E-state index in [0.717, 1.165) is 17.0 Å². The molecule has 0 aliphatic carbocycles. The summed E-state index contributed by atoms with van der Waals surface area (Å²) in [5.41, 5.74) is 3.32. The molecule has 0 atom stereocenters. The second kappa shape index (κ2) is 11.6. The molecule has 29 heavy (non-hydrogen) atoms. The SMILES string of the molecule is CSc1ccccc1NC(=O)CN(C)CC(=O)NCCc1ccc(C(C)C)cc1. The van der Waals surface area contributed by atoms with Crippen LogP contribution in [0, 0.1) is 0 Å². The lowest BCUT2D eigenvalue weighted by Gasteiger charge is -2.17. The largest absolute Gasteiger partial charge is 0.355 e. The number of likely N-dealkylation sites (N-methyl/N-ethyl adjacent to an activating group) is 1. The molecule has 2 rings (SSSR count). The van der Waals surface area contributed by atoms with Gasteiger partial charge in [-0.15, -0.1) is 11.8 Å². The minimum absolute atomic E-state index is 0.0800. The third-order valence-corrected chi connectivity index (χ3v) is 5.39. The van der Waals surface area contributed by atoms with E-state index in [9.17, 15) is 9.59 Å². The van der Waals surface area contributed by atoms with Gasteiger partial charge in [0.1, 0.15) is 0 Å². The highest BCUT2D eigenvalue weighted by Crippen LogP contribution is 2.24. The average Bonchev–Trinajstić information content (AvgIpc) is 2.68. The molecule has 0 bridgehead atoms. The quantitative estimate of drug-likeness (QED) is 0.582. The first-order chi connectivity index (χ1) is 13.9. The lowest BCUT2D eigenvalue weighted by atomic mass is 10.0. The van der Waals surface area contributed by atoms with E-state index in [1.165, 1.54) is 11.1 Å². The van der Waals surface area contributed by atoms with Gasteiger partial charge in [0.05, 0.1) is 18.8 Å². The number of anilines is 1. The van der Waals surface area contributed by atoms with Crippen molar-refractivity contribution in [3.05, 3.63) is 59.7 Å². The van der Waals surface area contributed by atoms with Crippen LogP contribution in [0.1, 0.15) is 30.9 Å². The van der Waals surface area contributed by atoms with Gasteiger partial charge in [-0.05, 0) is 48.9 Å². The molecule has 0 saturated heterocycles. The van der Waals surface area contributed by atoms with E-state index in [0.29, 0.717) is 12.5 Å². The first-order valence-electron chi connectivity index (χ1n) is 9.86. The van der Waals surface area contributed by atoms with Crippen LogP contribution in [0.25, 0.3) is 0 Å². The van der Waals surface area contributed by atoms with Gasteiger partial charge in [-0.1, -0.05) is 50.2 Å². The van der Waals surface area contributed by atoms with Crippen molar-refractivity contribution in [1.82, 2.24) is 10.2 Å². The number of nitrogens with zero attached hydrogens (tertiary/aromatic N) is 1. The summed E-state index contributed by atoms with van der Waals surface area (Å²) in [6, 6.07) is 16.2. The van der Waals surface area contributed by atoms with Crippen LogP contribution in [0.15, 0.2) is 53.4 Å². The topological polar surface area (TPSA) is 61.4 Å². The highest BCUT2D eigenvalue weighted by Gasteiger charge is 2.12. The number of para-hydroxylation sites is 1. The van der Waals surface area contributed by atoms with Crippen LogP contribution < -0.4 is 10.6 Å². The maximum absolute atomic E-state index is 12.3. The minimum atomic E-state index is -0.132. The first kappa shape index (κ1) is 23.0. The van der Waals surface area contributed by atoms with Gasteiger partial charge in [0.25, 0.3) is 0 Å². The summed E-state index contributed by atoms with van der Waals surface area (Å²) in [6.45, 7) is 5.28. The Hall–Kier alpha value is -2.31. The van der Waals surface area contributed by atoms with E-state index < -0.39 is 0 Å². The molecule has 0 aliphatic heterocycles. The van der Waals surface area contributed by atoms with Crippen LogP contribution in [-0.4, -0.2) is 49.7 Å². The Morgan fingerprint density at radius 3 is 2.31 bits per heavy atom. The molecular formula is C23H31N3O2S. The molecule has 0 heterocycles. The molecule has 6 heteroatoms. The van der Waals surface area contributed by atoms with Crippen molar-refractivity contribution in [1.29, 1.82) is 0 Å². The zero-order valence-corrected chi connectivity index (χ0v) is 18.5. The molecular weight excluding hydrogens is 382 g/mol. The van der Waals surface area contributed by atoms with Crippen LogP contribution in [0.2, 0.25) is 0 Å². The Balaban J connectivity index is 1.70. The third kappa shape index (κ3) is 7.91. The lowest BCUT2D eigenvalue weighted by molar-refractivity contribution is -0.122. The van der Waals surface area contributed by atoms with E-state index in [4.69, 9.17) is 0 Å². The molecule has 2 aromatic carbocycles. The fraction of sp³-hybridized carbons (Fsp3) is 0.391. The number of nitrogens with one attached hydrogen (secondary N) is 2. The van der Waals surface area contributed by atoms with Crippen LogP contribution in [0.3, 0.4) is 0 Å². The van der Waals surface area contributed by atoms with Crippen molar-refractivity contribution in [2.24, 2.45) is 0 Å². The van der Waals surface area contributed by atoms with Gasteiger partial charge in [-0.2, -0.15) is 0 Å². The maximum atomic E-state index is 12.3. The Kier molecular flexibility index (Phi) is 9.22. The van der Waals surface area contributed by atoms with Gasteiger partial charge in [0, 0.05) is 11.4 Å². The number of amides is 2. The van der Waals surface area contributed by atoms with Gasteiger partial charge in [-0.25, -0.2) is 0 Å². The summed E-state index contributed by atoms with van der Waals surface area (Å²) in [6.07, 6.45) is 2.76. The third-order valence-electron chi connectivity index (χ3n) is 4.59. The fourth-order valence-electron chi connectivity index (χ4n) is 2.96. The van der Waals surface area contributed by atoms with Crippen molar-refractivity contribution in [2.75, 3.05) is 38.3 Å². The van der Waals surface area contributed by atoms with E-state index in [2.05, 4.69) is 48.7 Å². The summed E-state index contributed by atoms with van der Waals surface area (Å²) >= 11 is 1.58. The Morgan fingerprint density at radius 2 is 1.66 bits per heavy atom.